The van der Waals surface area contributed by atoms with Crippen LogP contribution >= 0.6 is 0 Å². The molecule has 0 bridgehead atoms. The molecule has 34 heavy (non-hydrogen) atoms. The van der Waals surface area contributed by atoms with E-state index in [2.05, 4.69) is 30.9 Å². The van der Waals surface area contributed by atoms with Crippen molar-refractivity contribution in [2.75, 3.05) is 5.32 Å². The van der Waals surface area contributed by atoms with Gasteiger partial charge < -0.3 is 15.2 Å². The van der Waals surface area contributed by atoms with Crippen LogP contribution < -0.4 is 10.6 Å². The molecule has 0 aliphatic rings. The molecule has 2 N–H and O–H groups in total. The second-order valence-corrected chi connectivity index (χ2v) is 7.61. The first-order valence-electron chi connectivity index (χ1n) is 10.4. The highest BCUT2D eigenvalue weighted by Crippen LogP contribution is 2.19. The molecule has 2 amide bonds. The zero-order chi connectivity index (χ0) is 23.7. The summed E-state index contributed by atoms with van der Waals surface area (Å²) >= 11 is 0. The lowest BCUT2D eigenvalue weighted by Crippen LogP contribution is -2.27. The van der Waals surface area contributed by atoms with Crippen LogP contribution in [-0.4, -0.2) is 41.1 Å². The van der Waals surface area contributed by atoms with Gasteiger partial charge in [0.25, 0.3) is 11.8 Å². The van der Waals surface area contributed by atoms with Crippen LogP contribution in [0.5, 0.6) is 0 Å². The van der Waals surface area contributed by atoms with E-state index in [4.69, 9.17) is 4.52 Å². The number of imidazole rings is 1. The Labute approximate surface area is 193 Å². The molecule has 0 aliphatic carbocycles. The van der Waals surface area contributed by atoms with Crippen molar-refractivity contribution in [2.45, 2.75) is 13.5 Å². The van der Waals surface area contributed by atoms with Crippen molar-refractivity contribution in [2.24, 2.45) is 7.05 Å². The van der Waals surface area contributed by atoms with Gasteiger partial charge in [-0.15, -0.1) is 0 Å². The van der Waals surface area contributed by atoms with Crippen molar-refractivity contribution in [3.05, 3.63) is 83.8 Å². The van der Waals surface area contributed by atoms with Crippen molar-refractivity contribution >= 4 is 23.4 Å². The fourth-order valence-electron chi connectivity index (χ4n) is 3.51. The fraction of sp³-hybridized carbons (Fsp3) is 0.130. The Hall–Kier alpha value is -4.80. The number of rotatable bonds is 6. The average molecular weight is 456 g/mol. The molecule has 11 nitrogen and oxygen atoms in total. The van der Waals surface area contributed by atoms with Crippen LogP contribution in [0.15, 0.2) is 65.6 Å². The number of aryl methyl sites for hydroxylation is 2. The third-order valence-electron chi connectivity index (χ3n) is 5.14. The highest BCUT2D eigenvalue weighted by Gasteiger charge is 2.23. The van der Waals surface area contributed by atoms with Gasteiger partial charge in [0.15, 0.2) is 0 Å². The predicted molar refractivity (Wildman–Crippen MR) is 122 cm³/mol. The Morgan fingerprint density at radius 1 is 1.09 bits per heavy atom. The minimum atomic E-state index is -0.519. The summed E-state index contributed by atoms with van der Waals surface area (Å²) in [5.74, 6) is 0.400. The standard InChI is InChI=1S/C23H20N8O3/c1-14-10-16(29-34-14)11-24-21(32)17-12-25-30(2)20(17)22(33)27-19-8-9-31-13-18(26-23(31)28-19)15-6-4-3-5-7-15/h3-10,12-13H,11H2,1-2H3,(H,24,32)(H,26,27,28,33). The van der Waals surface area contributed by atoms with E-state index in [0.717, 1.165) is 11.3 Å². The van der Waals surface area contributed by atoms with Gasteiger partial charge in [0.05, 0.1) is 24.0 Å². The largest absolute Gasteiger partial charge is 0.361 e. The Bertz CT molecular complexity index is 1500. The average Bonchev–Trinajstić information content (AvgIpc) is 3.55. The summed E-state index contributed by atoms with van der Waals surface area (Å²) in [6.07, 6.45) is 4.97. The lowest BCUT2D eigenvalue weighted by Gasteiger charge is -2.08. The number of nitrogens with one attached hydrogen (secondary N) is 2. The highest BCUT2D eigenvalue weighted by atomic mass is 16.5. The molecule has 0 saturated carbocycles. The summed E-state index contributed by atoms with van der Waals surface area (Å²) in [5, 5.41) is 13.4. The van der Waals surface area contributed by atoms with Crippen molar-refractivity contribution in [3.8, 4) is 11.3 Å². The summed E-state index contributed by atoms with van der Waals surface area (Å²) in [7, 11) is 1.59. The molecule has 5 aromatic rings. The van der Waals surface area contributed by atoms with Gasteiger partial charge in [0, 0.05) is 31.1 Å². The second kappa shape index (κ2) is 8.62. The Balaban J connectivity index is 1.34. The number of fused-ring (bicyclic) bond motifs is 1. The van der Waals surface area contributed by atoms with E-state index in [1.54, 1.807) is 36.7 Å². The first-order chi connectivity index (χ1) is 16.5. The summed E-state index contributed by atoms with van der Waals surface area (Å²) < 4.78 is 8.11. The Morgan fingerprint density at radius 3 is 2.68 bits per heavy atom. The molecule has 11 heteroatoms. The minimum Gasteiger partial charge on any atom is -0.361 e. The topological polar surface area (TPSA) is 132 Å². The highest BCUT2D eigenvalue weighted by molar-refractivity contribution is 6.10. The number of nitrogens with zero attached hydrogens (tertiary/aromatic N) is 6. The fourth-order valence-corrected chi connectivity index (χ4v) is 3.51. The third-order valence-corrected chi connectivity index (χ3v) is 5.14. The second-order valence-electron chi connectivity index (χ2n) is 7.61. The lowest BCUT2D eigenvalue weighted by molar-refractivity contribution is 0.0935. The molecule has 0 unspecified atom stereocenters. The van der Waals surface area contributed by atoms with Gasteiger partial charge in [-0.3, -0.25) is 18.7 Å². The smallest absolute Gasteiger partial charge is 0.275 e. The van der Waals surface area contributed by atoms with Gasteiger partial charge in [0.1, 0.15) is 23.0 Å². The van der Waals surface area contributed by atoms with E-state index in [-0.39, 0.29) is 17.8 Å². The van der Waals surface area contributed by atoms with Crippen LogP contribution in [-0.2, 0) is 13.6 Å². The van der Waals surface area contributed by atoms with E-state index >= 15 is 0 Å². The number of hydrogen-bond donors (Lipinski definition) is 2. The van der Waals surface area contributed by atoms with Gasteiger partial charge in [-0.1, -0.05) is 35.5 Å². The van der Waals surface area contributed by atoms with Crippen molar-refractivity contribution in [3.63, 3.8) is 0 Å². The number of aromatic nitrogens is 6. The quantitative estimate of drug-likeness (QED) is 0.401. The Kier molecular flexibility index (Phi) is 5.34. The number of benzene rings is 1. The van der Waals surface area contributed by atoms with Crippen LogP contribution in [0.1, 0.15) is 32.3 Å². The van der Waals surface area contributed by atoms with E-state index in [9.17, 15) is 9.59 Å². The van der Waals surface area contributed by atoms with Crippen LogP contribution in [0.25, 0.3) is 17.0 Å². The first kappa shape index (κ1) is 21.1. The number of carbonyl (C=O) groups excluding carboxylic acids is 2. The maximum absolute atomic E-state index is 13.0. The van der Waals surface area contributed by atoms with E-state index < -0.39 is 11.8 Å². The van der Waals surface area contributed by atoms with Crippen molar-refractivity contribution in [1.29, 1.82) is 0 Å². The Morgan fingerprint density at radius 2 is 1.91 bits per heavy atom. The van der Waals surface area contributed by atoms with Gasteiger partial charge in [0.2, 0.25) is 5.78 Å². The molecule has 0 atom stereocenters. The molecule has 4 aromatic heterocycles. The monoisotopic (exact) mass is 456 g/mol. The number of hydrogen-bond acceptors (Lipinski definition) is 7. The number of amides is 2. The van der Waals surface area contributed by atoms with E-state index in [1.165, 1.54) is 10.9 Å². The van der Waals surface area contributed by atoms with Crippen LogP contribution in [0.3, 0.4) is 0 Å². The van der Waals surface area contributed by atoms with E-state index in [0.29, 0.717) is 23.0 Å². The van der Waals surface area contributed by atoms with Gasteiger partial charge >= 0.3 is 0 Å². The summed E-state index contributed by atoms with van der Waals surface area (Å²) in [4.78, 5) is 34.7. The third kappa shape index (κ3) is 4.13. The van der Waals surface area contributed by atoms with Crippen molar-refractivity contribution in [1.82, 2.24) is 34.6 Å². The van der Waals surface area contributed by atoms with Crippen LogP contribution in [0.4, 0.5) is 5.82 Å². The SMILES string of the molecule is Cc1cc(CNC(=O)c2cnn(C)c2C(=O)Nc2ccn3cc(-c4ccccc4)nc3n2)no1. The molecule has 0 spiro atoms. The van der Waals surface area contributed by atoms with Crippen LogP contribution in [0, 0.1) is 6.92 Å². The molecule has 4 heterocycles. The summed E-state index contributed by atoms with van der Waals surface area (Å²) in [6, 6.07) is 13.1. The molecule has 0 aliphatic heterocycles. The lowest BCUT2D eigenvalue weighted by atomic mass is 10.2. The van der Waals surface area contributed by atoms with Crippen LogP contribution in [0.2, 0.25) is 0 Å². The molecule has 170 valence electrons. The summed E-state index contributed by atoms with van der Waals surface area (Å²) in [6.45, 7) is 1.92. The first-order valence-corrected chi connectivity index (χ1v) is 10.4. The zero-order valence-corrected chi connectivity index (χ0v) is 18.4. The van der Waals surface area contributed by atoms with E-state index in [1.807, 2.05) is 36.5 Å². The molecular weight excluding hydrogens is 436 g/mol. The predicted octanol–water partition coefficient (Wildman–Crippen LogP) is 2.61. The molecule has 5 rings (SSSR count). The van der Waals surface area contributed by atoms with Gasteiger partial charge in [-0.05, 0) is 13.0 Å². The van der Waals surface area contributed by atoms with Gasteiger partial charge in [-0.2, -0.15) is 10.1 Å². The molecule has 0 fully saturated rings. The number of anilines is 1. The maximum Gasteiger partial charge on any atom is 0.275 e. The van der Waals surface area contributed by atoms with Gasteiger partial charge in [-0.25, -0.2) is 4.98 Å². The zero-order valence-electron chi connectivity index (χ0n) is 18.4. The normalized spacial score (nSPS) is 11.0. The maximum atomic E-state index is 13.0. The summed E-state index contributed by atoms with van der Waals surface area (Å²) in [5.41, 5.74) is 2.54. The van der Waals surface area contributed by atoms with Crippen molar-refractivity contribution < 1.29 is 14.1 Å². The molecule has 0 radical (unpaired) electrons. The number of carbonyl (C=O) groups is 2. The molecule has 1 aromatic carbocycles. The minimum absolute atomic E-state index is 0.101. The molecule has 0 saturated heterocycles. The molecular formula is C23H20N8O3.